The molecule has 0 saturated heterocycles. The number of nitro groups is 1. The van der Waals surface area contributed by atoms with E-state index in [0.717, 1.165) is 23.3 Å². The molecule has 2 aromatic rings. The molecular formula is C16H14Br2F3KN2O5. The molecule has 0 aliphatic heterocycles. The van der Waals surface area contributed by atoms with Crippen LogP contribution in [0.1, 0.15) is 22.3 Å². The molecule has 2 rings (SSSR count). The molecule has 2 aromatic carbocycles. The predicted molar refractivity (Wildman–Crippen MR) is 105 cm³/mol. The zero-order chi connectivity index (χ0) is 22.2. The van der Waals surface area contributed by atoms with Crippen LogP contribution in [0.5, 0.6) is 0 Å². The number of halogens is 5. The molecule has 0 radical (unpaired) electrons. The molecule has 0 aromatic heterocycles. The second-order valence-electron chi connectivity index (χ2n) is 5.36. The number of hydrogen-bond donors (Lipinski definition) is 0. The van der Waals surface area contributed by atoms with Crippen LogP contribution in [0.3, 0.4) is 0 Å². The summed E-state index contributed by atoms with van der Waals surface area (Å²) in [5.74, 6) is 0. The molecule has 0 aliphatic rings. The normalized spacial score (nSPS) is 9.79. The fourth-order valence-corrected chi connectivity index (χ4v) is 2.50. The van der Waals surface area contributed by atoms with E-state index < -0.39 is 16.8 Å². The van der Waals surface area contributed by atoms with E-state index in [-0.39, 0.29) is 62.0 Å². The van der Waals surface area contributed by atoms with E-state index in [9.17, 15) is 23.3 Å². The van der Waals surface area contributed by atoms with Gasteiger partial charge in [-0.05, 0) is 71.6 Å². The van der Waals surface area contributed by atoms with Crippen molar-refractivity contribution in [3.05, 3.63) is 87.0 Å². The van der Waals surface area contributed by atoms with Gasteiger partial charge in [-0.25, -0.2) is 0 Å². The van der Waals surface area contributed by atoms with Crippen molar-refractivity contribution < 1.29 is 74.6 Å². The van der Waals surface area contributed by atoms with Gasteiger partial charge >= 0.3 is 57.6 Å². The number of nitrogens with zero attached hydrogens (tertiary/aromatic N) is 2. The van der Waals surface area contributed by atoms with Crippen LogP contribution in [0.15, 0.2) is 39.3 Å². The van der Waals surface area contributed by atoms with Gasteiger partial charge in [0.25, 0.3) is 5.69 Å². The zero-order valence-corrected chi connectivity index (χ0v) is 22.0. The number of aryl methyl sites for hydroxylation is 3. The van der Waals surface area contributed by atoms with Crippen LogP contribution in [-0.2, 0) is 6.18 Å². The van der Waals surface area contributed by atoms with E-state index in [4.69, 9.17) is 15.3 Å². The standard InChI is InChI=1S/C8H6BrF3.C8H8BrNO2.K.NO3/c1-5-4-6(8(10,11)12)2-3-7(5)9;1-5-3-6(2)8(9)7(4-5)10(11)12;;2-1(3)4/h2-4H,1H3;3-4H,1-2H3;;/q;;+1;-1. The third kappa shape index (κ3) is 12.0. The Balaban J connectivity index is 0. The van der Waals surface area contributed by atoms with Crippen molar-refractivity contribution in [1.82, 2.24) is 0 Å². The first-order valence-electron chi connectivity index (χ1n) is 7.22. The molecule has 7 nitrogen and oxygen atoms in total. The van der Waals surface area contributed by atoms with Crippen molar-refractivity contribution in [2.75, 3.05) is 0 Å². The summed E-state index contributed by atoms with van der Waals surface area (Å²) < 4.78 is 37.5. The van der Waals surface area contributed by atoms with E-state index in [1.807, 2.05) is 19.9 Å². The van der Waals surface area contributed by atoms with Gasteiger partial charge in [0.2, 0.25) is 0 Å². The maximum atomic E-state index is 12.1. The summed E-state index contributed by atoms with van der Waals surface area (Å²) >= 11 is 6.30. The van der Waals surface area contributed by atoms with Crippen molar-refractivity contribution in [3.63, 3.8) is 0 Å². The third-order valence-electron chi connectivity index (χ3n) is 3.06. The maximum Gasteiger partial charge on any atom is 1.00 e. The molecule has 29 heavy (non-hydrogen) atoms. The number of rotatable bonds is 1. The van der Waals surface area contributed by atoms with E-state index >= 15 is 0 Å². The van der Waals surface area contributed by atoms with Crippen LogP contribution in [0.2, 0.25) is 0 Å². The average molecular weight is 570 g/mol. The molecule has 0 bridgehead atoms. The molecule has 0 N–H and O–H groups in total. The van der Waals surface area contributed by atoms with Crippen LogP contribution in [0.25, 0.3) is 0 Å². The molecule has 0 atom stereocenters. The van der Waals surface area contributed by atoms with E-state index in [2.05, 4.69) is 31.9 Å². The van der Waals surface area contributed by atoms with Gasteiger partial charge in [0, 0.05) is 10.5 Å². The van der Waals surface area contributed by atoms with Crippen LogP contribution in [0, 0.1) is 46.2 Å². The quantitative estimate of drug-likeness (QED) is 0.296. The number of nitro benzene ring substituents is 1. The van der Waals surface area contributed by atoms with E-state index in [1.54, 1.807) is 13.0 Å². The topological polar surface area (TPSA) is 109 Å². The Bertz CT molecular complexity index is 863. The Morgan fingerprint density at radius 3 is 1.76 bits per heavy atom. The van der Waals surface area contributed by atoms with Crippen molar-refractivity contribution in [1.29, 1.82) is 0 Å². The minimum atomic E-state index is -4.24. The molecule has 154 valence electrons. The van der Waals surface area contributed by atoms with Gasteiger partial charge in [0.05, 0.1) is 20.0 Å². The number of alkyl halides is 3. The fourth-order valence-electron chi connectivity index (χ4n) is 1.88. The number of benzene rings is 2. The minimum absolute atomic E-state index is 0. The Morgan fingerprint density at radius 2 is 1.38 bits per heavy atom. The SMILES string of the molecule is Cc1cc(C(F)(F)F)ccc1Br.Cc1cc(C)c(Br)c([N+](=O)[O-])c1.O=[N+]([O-])[O-].[K+]. The summed E-state index contributed by atoms with van der Waals surface area (Å²) in [6, 6.07) is 7.02. The smallest absolute Gasteiger partial charge is 0.356 e. The van der Waals surface area contributed by atoms with Gasteiger partial charge in [-0.2, -0.15) is 13.2 Å². The Morgan fingerprint density at radius 1 is 0.897 bits per heavy atom. The Hall–Kier alpha value is -0.574. The minimum Gasteiger partial charge on any atom is -0.356 e. The summed E-state index contributed by atoms with van der Waals surface area (Å²) in [6.45, 7) is 5.30. The fraction of sp³-hybridized carbons (Fsp3) is 0.250. The first kappa shape index (κ1) is 30.6. The summed E-state index contributed by atoms with van der Waals surface area (Å²) in [6.07, 6.45) is -4.24. The molecule has 0 amide bonds. The molecular weight excluding hydrogens is 556 g/mol. The molecule has 0 spiro atoms. The maximum absolute atomic E-state index is 12.1. The summed E-state index contributed by atoms with van der Waals surface area (Å²) in [5.41, 5.74) is 1.91. The molecule has 0 aliphatic carbocycles. The average Bonchev–Trinajstić information content (AvgIpc) is 2.52. The van der Waals surface area contributed by atoms with Crippen LogP contribution < -0.4 is 51.4 Å². The van der Waals surface area contributed by atoms with E-state index in [1.165, 1.54) is 6.07 Å². The van der Waals surface area contributed by atoms with Crippen LogP contribution >= 0.6 is 31.9 Å². The van der Waals surface area contributed by atoms with Gasteiger partial charge in [-0.3, -0.25) is 10.1 Å². The zero-order valence-electron chi connectivity index (χ0n) is 15.7. The molecule has 0 heterocycles. The van der Waals surface area contributed by atoms with Crippen molar-refractivity contribution in [2.24, 2.45) is 0 Å². The van der Waals surface area contributed by atoms with Gasteiger partial charge in [-0.15, -0.1) is 0 Å². The van der Waals surface area contributed by atoms with Crippen molar-refractivity contribution >= 4 is 37.5 Å². The molecule has 0 unspecified atom stereocenters. The Labute approximate surface area is 223 Å². The molecule has 0 fully saturated rings. The molecule has 0 saturated carbocycles. The largest absolute Gasteiger partial charge is 1.00 e. The van der Waals surface area contributed by atoms with Crippen molar-refractivity contribution in [2.45, 2.75) is 26.9 Å². The Kier molecular flexibility index (Phi) is 14.4. The van der Waals surface area contributed by atoms with Gasteiger partial charge in [0.15, 0.2) is 0 Å². The first-order valence-corrected chi connectivity index (χ1v) is 8.81. The second-order valence-corrected chi connectivity index (χ2v) is 7.00. The first-order chi connectivity index (χ1) is 12.7. The summed E-state index contributed by atoms with van der Waals surface area (Å²) in [5, 5.41) is 25.3. The molecule has 13 heteroatoms. The third-order valence-corrected chi connectivity index (χ3v) is 4.98. The second kappa shape index (κ2) is 13.7. The summed E-state index contributed by atoms with van der Waals surface area (Å²) in [4.78, 5) is 18.4. The van der Waals surface area contributed by atoms with E-state index in [0.29, 0.717) is 14.5 Å². The monoisotopic (exact) mass is 568 g/mol. The van der Waals surface area contributed by atoms with Gasteiger partial charge in [-0.1, -0.05) is 22.0 Å². The van der Waals surface area contributed by atoms with Crippen molar-refractivity contribution in [3.8, 4) is 0 Å². The number of hydrogen-bond acceptors (Lipinski definition) is 5. The van der Waals surface area contributed by atoms with Gasteiger partial charge < -0.3 is 15.3 Å². The van der Waals surface area contributed by atoms with Crippen LogP contribution in [0.4, 0.5) is 18.9 Å². The summed E-state index contributed by atoms with van der Waals surface area (Å²) in [7, 11) is 0. The van der Waals surface area contributed by atoms with Gasteiger partial charge in [0.1, 0.15) is 0 Å². The van der Waals surface area contributed by atoms with Crippen LogP contribution in [-0.4, -0.2) is 10.0 Å². The predicted octanol–water partition coefficient (Wildman–Crippen LogP) is 3.52.